The highest BCUT2D eigenvalue weighted by Gasteiger charge is 2.07. The fraction of sp³-hybridized carbons (Fsp3) is 0.188. The van der Waals surface area contributed by atoms with Crippen LogP contribution in [0.4, 0.5) is 0 Å². The summed E-state index contributed by atoms with van der Waals surface area (Å²) in [7, 11) is 1.65. The van der Waals surface area contributed by atoms with Crippen LogP contribution in [0.15, 0.2) is 53.4 Å². The molecule has 2 aromatic rings. The van der Waals surface area contributed by atoms with Crippen LogP contribution in [0, 0.1) is 0 Å². The maximum Gasteiger partial charge on any atom is 0.307 e. The number of carboxylic acids is 1. The van der Waals surface area contributed by atoms with Crippen molar-refractivity contribution in [3.05, 3.63) is 59.7 Å². The smallest absolute Gasteiger partial charge is 0.307 e. The van der Waals surface area contributed by atoms with Gasteiger partial charge < -0.3 is 9.84 Å². The number of thioether (sulfide) groups is 1. The van der Waals surface area contributed by atoms with E-state index in [4.69, 9.17) is 9.84 Å². The van der Waals surface area contributed by atoms with Crippen LogP contribution in [0.2, 0.25) is 0 Å². The van der Waals surface area contributed by atoms with Crippen LogP contribution in [0.5, 0.6) is 5.75 Å². The fourth-order valence-corrected chi connectivity index (χ4v) is 2.88. The molecule has 3 nitrogen and oxygen atoms in total. The largest absolute Gasteiger partial charge is 0.497 e. The van der Waals surface area contributed by atoms with Crippen LogP contribution < -0.4 is 4.74 Å². The molecule has 0 unspecified atom stereocenters. The molecule has 2 rings (SSSR count). The Morgan fingerprint density at radius 2 is 2.00 bits per heavy atom. The Kier molecular flexibility index (Phi) is 5.07. The Bertz CT molecular complexity index is 596. The summed E-state index contributed by atoms with van der Waals surface area (Å²) in [5.41, 5.74) is 2.01. The van der Waals surface area contributed by atoms with Crippen molar-refractivity contribution in [3.63, 3.8) is 0 Å². The van der Waals surface area contributed by atoms with Gasteiger partial charge in [-0.05, 0) is 29.3 Å². The molecular weight excluding hydrogens is 272 g/mol. The van der Waals surface area contributed by atoms with Crippen LogP contribution >= 0.6 is 11.8 Å². The molecule has 0 spiro atoms. The third kappa shape index (κ3) is 4.03. The molecule has 0 bridgehead atoms. The summed E-state index contributed by atoms with van der Waals surface area (Å²) in [5.74, 6) is 0.815. The van der Waals surface area contributed by atoms with Gasteiger partial charge in [0.25, 0.3) is 0 Å². The minimum atomic E-state index is -0.806. The maximum atomic E-state index is 10.9. The molecule has 0 saturated carbocycles. The Morgan fingerprint density at radius 3 is 2.75 bits per heavy atom. The van der Waals surface area contributed by atoms with Gasteiger partial charge in [-0.3, -0.25) is 4.79 Å². The van der Waals surface area contributed by atoms with Crippen molar-refractivity contribution in [2.75, 3.05) is 7.11 Å². The van der Waals surface area contributed by atoms with Gasteiger partial charge in [0.2, 0.25) is 0 Å². The van der Waals surface area contributed by atoms with Crippen molar-refractivity contribution in [1.82, 2.24) is 0 Å². The Labute approximate surface area is 122 Å². The summed E-state index contributed by atoms with van der Waals surface area (Å²) in [5, 5.41) is 8.92. The number of carbonyl (C=O) groups is 1. The van der Waals surface area contributed by atoms with E-state index in [0.29, 0.717) is 0 Å². The van der Waals surface area contributed by atoms with Gasteiger partial charge >= 0.3 is 5.97 Å². The average molecular weight is 288 g/mol. The number of ether oxygens (including phenoxy) is 1. The highest BCUT2D eigenvalue weighted by molar-refractivity contribution is 7.98. The third-order valence-corrected chi connectivity index (χ3v) is 4.03. The summed E-state index contributed by atoms with van der Waals surface area (Å²) in [6.07, 6.45) is 0.0568. The van der Waals surface area contributed by atoms with Crippen molar-refractivity contribution in [2.45, 2.75) is 17.1 Å². The van der Waals surface area contributed by atoms with E-state index in [1.54, 1.807) is 18.9 Å². The van der Waals surface area contributed by atoms with E-state index in [0.717, 1.165) is 27.5 Å². The zero-order chi connectivity index (χ0) is 14.4. The van der Waals surface area contributed by atoms with E-state index in [1.165, 1.54) is 0 Å². The summed E-state index contributed by atoms with van der Waals surface area (Å²) in [6.45, 7) is 0. The topological polar surface area (TPSA) is 46.5 Å². The Morgan fingerprint density at radius 1 is 1.20 bits per heavy atom. The lowest BCUT2D eigenvalue weighted by molar-refractivity contribution is -0.136. The summed E-state index contributed by atoms with van der Waals surface area (Å²) >= 11 is 1.64. The molecule has 0 atom stereocenters. The number of benzene rings is 2. The first kappa shape index (κ1) is 14.5. The van der Waals surface area contributed by atoms with Gasteiger partial charge in [0.05, 0.1) is 13.5 Å². The van der Waals surface area contributed by atoms with E-state index in [-0.39, 0.29) is 6.42 Å². The number of aliphatic carboxylic acids is 1. The predicted molar refractivity (Wildman–Crippen MR) is 80.3 cm³/mol. The van der Waals surface area contributed by atoms with E-state index in [2.05, 4.69) is 0 Å². The molecular formula is C16H16O3S. The summed E-state index contributed by atoms with van der Waals surface area (Å²) in [6, 6.07) is 15.5. The van der Waals surface area contributed by atoms with Crippen molar-refractivity contribution < 1.29 is 14.6 Å². The van der Waals surface area contributed by atoms with Crippen LogP contribution in [0.1, 0.15) is 11.1 Å². The second-order valence-corrected chi connectivity index (χ2v) is 5.34. The molecule has 1 N–H and O–H groups in total. The van der Waals surface area contributed by atoms with Crippen LogP contribution in [-0.2, 0) is 17.0 Å². The second-order valence-electron chi connectivity index (χ2n) is 4.32. The molecule has 0 aliphatic heterocycles. The molecule has 0 heterocycles. The SMILES string of the molecule is COc1cccc(CSc2ccccc2CC(=O)O)c1. The quantitative estimate of drug-likeness (QED) is 0.825. The Balaban J connectivity index is 2.08. The van der Waals surface area contributed by atoms with E-state index < -0.39 is 5.97 Å². The lowest BCUT2D eigenvalue weighted by Crippen LogP contribution is -2.01. The lowest BCUT2D eigenvalue weighted by atomic mass is 10.1. The minimum absolute atomic E-state index is 0.0568. The molecule has 0 amide bonds. The van der Waals surface area contributed by atoms with Gasteiger partial charge in [0, 0.05) is 10.6 Å². The molecule has 0 radical (unpaired) electrons. The summed E-state index contributed by atoms with van der Waals surface area (Å²) in [4.78, 5) is 11.9. The molecule has 2 aromatic carbocycles. The molecule has 0 aromatic heterocycles. The van der Waals surface area contributed by atoms with Crippen molar-refractivity contribution in [3.8, 4) is 5.75 Å². The van der Waals surface area contributed by atoms with Crippen molar-refractivity contribution >= 4 is 17.7 Å². The normalized spacial score (nSPS) is 10.2. The number of methoxy groups -OCH3 is 1. The number of rotatable bonds is 6. The number of carboxylic acid groups (broad SMARTS) is 1. The van der Waals surface area contributed by atoms with Gasteiger partial charge in [-0.1, -0.05) is 30.3 Å². The molecule has 0 fully saturated rings. The monoisotopic (exact) mass is 288 g/mol. The molecule has 0 saturated heterocycles. The van der Waals surface area contributed by atoms with Crippen molar-refractivity contribution in [2.24, 2.45) is 0 Å². The zero-order valence-corrected chi connectivity index (χ0v) is 12.0. The molecule has 0 aliphatic rings. The number of hydrogen-bond acceptors (Lipinski definition) is 3. The van der Waals surface area contributed by atoms with E-state index >= 15 is 0 Å². The van der Waals surface area contributed by atoms with E-state index in [1.807, 2.05) is 48.5 Å². The van der Waals surface area contributed by atoms with Crippen molar-refractivity contribution in [1.29, 1.82) is 0 Å². The maximum absolute atomic E-state index is 10.9. The van der Waals surface area contributed by atoms with Gasteiger partial charge in [-0.25, -0.2) is 0 Å². The first-order valence-electron chi connectivity index (χ1n) is 6.24. The highest BCUT2D eigenvalue weighted by Crippen LogP contribution is 2.27. The van der Waals surface area contributed by atoms with Gasteiger partial charge in [-0.2, -0.15) is 0 Å². The molecule has 20 heavy (non-hydrogen) atoms. The van der Waals surface area contributed by atoms with Gasteiger partial charge in [0.1, 0.15) is 5.75 Å². The third-order valence-electron chi connectivity index (χ3n) is 2.84. The van der Waals surface area contributed by atoms with Gasteiger partial charge in [-0.15, -0.1) is 11.8 Å². The minimum Gasteiger partial charge on any atom is -0.497 e. The predicted octanol–water partition coefficient (Wildman–Crippen LogP) is 3.61. The number of hydrogen-bond donors (Lipinski definition) is 1. The molecule has 4 heteroatoms. The average Bonchev–Trinajstić information content (AvgIpc) is 2.46. The molecule has 104 valence electrons. The van der Waals surface area contributed by atoms with Crippen LogP contribution in [-0.4, -0.2) is 18.2 Å². The van der Waals surface area contributed by atoms with E-state index in [9.17, 15) is 4.79 Å². The standard InChI is InChI=1S/C16H16O3S/c1-19-14-7-4-5-12(9-14)11-20-15-8-3-2-6-13(15)10-16(17)18/h2-9H,10-11H2,1H3,(H,17,18). The molecule has 0 aliphatic carbocycles. The Hall–Kier alpha value is -1.94. The highest BCUT2D eigenvalue weighted by atomic mass is 32.2. The lowest BCUT2D eigenvalue weighted by Gasteiger charge is -2.08. The fourth-order valence-electron chi connectivity index (χ4n) is 1.88. The van der Waals surface area contributed by atoms with Gasteiger partial charge in [0.15, 0.2) is 0 Å². The van der Waals surface area contributed by atoms with Crippen LogP contribution in [0.3, 0.4) is 0 Å². The first-order valence-corrected chi connectivity index (χ1v) is 7.23. The van der Waals surface area contributed by atoms with Crippen LogP contribution in [0.25, 0.3) is 0 Å². The second kappa shape index (κ2) is 7.01. The summed E-state index contributed by atoms with van der Waals surface area (Å²) < 4.78 is 5.20. The zero-order valence-electron chi connectivity index (χ0n) is 11.2. The first-order chi connectivity index (χ1) is 9.69.